The van der Waals surface area contributed by atoms with Gasteiger partial charge in [-0.05, 0) is 6.92 Å². The van der Waals surface area contributed by atoms with E-state index in [0.29, 0.717) is 0 Å². The molecule has 0 aliphatic heterocycles. The second kappa shape index (κ2) is 2.53. The Labute approximate surface area is 56.6 Å². The monoisotopic (exact) mass is 155 g/mol. The zero-order valence-corrected chi connectivity index (χ0v) is 5.53. The van der Waals surface area contributed by atoms with Gasteiger partial charge in [0.05, 0.1) is 0 Å². The molecule has 0 aromatic rings. The van der Waals surface area contributed by atoms with Crippen LogP contribution in [0.4, 0.5) is 0 Å². The zero-order chi connectivity index (χ0) is 6.78. The van der Waals surface area contributed by atoms with Gasteiger partial charge in [0.1, 0.15) is 5.90 Å². The fourth-order valence-electron chi connectivity index (χ4n) is 0.0801. The molecule has 0 saturated carbocycles. The molecule has 5 heteroatoms. The first-order valence-corrected chi connectivity index (χ1v) is 2.47. The van der Waals surface area contributed by atoms with Gasteiger partial charge in [-0.1, -0.05) is 23.2 Å². The van der Waals surface area contributed by atoms with Crippen LogP contribution in [0.25, 0.3) is 0 Å². The minimum atomic E-state index is -1.66. The van der Waals surface area contributed by atoms with Gasteiger partial charge >= 0.3 is 5.97 Å². The molecule has 0 bridgehead atoms. The van der Waals surface area contributed by atoms with Crippen LogP contribution in [0.3, 0.4) is 0 Å². The third-order valence-electron chi connectivity index (χ3n) is 0.441. The van der Waals surface area contributed by atoms with Crippen molar-refractivity contribution < 1.29 is 9.63 Å². The van der Waals surface area contributed by atoms with E-state index in [0.717, 1.165) is 0 Å². The SMILES string of the molecule is CC(Cl)(Cl)C(=O)O[N]. The van der Waals surface area contributed by atoms with E-state index in [-0.39, 0.29) is 0 Å². The topological polar surface area (TPSA) is 48.6 Å². The van der Waals surface area contributed by atoms with Crippen molar-refractivity contribution in [2.75, 3.05) is 0 Å². The lowest BCUT2D eigenvalue weighted by Gasteiger charge is -2.05. The molecule has 3 nitrogen and oxygen atoms in total. The minimum absolute atomic E-state index is 1.08. The van der Waals surface area contributed by atoms with Crippen molar-refractivity contribution >= 4 is 29.2 Å². The van der Waals surface area contributed by atoms with Gasteiger partial charge in [-0.25, -0.2) is 4.79 Å². The maximum atomic E-state index is 10.1. The molecule has 46 valence electrons. The van der Waals surface area contributed by atoms with E-state index in [2.05, 4.69) is 4.84 Å². The number of halogens is 2. The normalized spacial score (nSPS) is 11.0. The molecule has 0 rings (SSSR count). The highest BCUT2D eigenvalue weighted by molar-refractivity contribution is 6.57. The molecule has 0 saturated heterocycles. The van der Waals surface area contributed by atoms with Gasteiger partial charge in [0.15, 0.2) is 0 Å². The fraction of sp³-hybridized carbons (Fsp3) is 0.667. The molecule has 2 radical (unpaired) electrons. The Morgan fingerprint density at radius 1 is 1.75 bits per heavy atom. The van der Waals surface area contributed by atoms with Crippen LogP contribution in [0.5, 0.6) is 0 Å². The van der Waals surface area contributed by atoms with Crippen LogP contribution in [-0.4, -0.2) is 10.3 Å². The van der Waals surface area contributed by atoms with Crippen molar-refractivity contribution in [3.8, 4) is 0 Å². The predicted octanol–water partition coefficient (Wildman–Crippen LogP) is 0.707. The second-order valence-electron chi connectivity index (χ2n) is 1.27. The highest BCUT2D eigenvalue weighted by Gasteiger charge is 2.29. The van der Waals surface area contributed by atoms with E-state index < -0.39 is 10.3 Å². The van der Waals surface area contributed by atoms with Gasteiger partial charge in [0, 0.05) is 0 Å². The lowest BCUT2D eigenvalue weighted by Crippen LogP contribution is -2.23. The second-order valence-corrected chi connectivity index (χ2v) is 2.97. The smallest absolute Gasteiger partial charge is 0.325 e. The lowest BCUT2D eigenvalue weighted by molar-refractivity contribution is -0.145. The molecule has 0 fully saturated rings. The van der Waals surface area contributed by atoms with Gasteiger partial charge in [-0.2, -0.15) is 0 Å². The summed E-state index contributed by atoms with van der Waals surface area (Å²) < 4.78 is -1.66. The minimum Gasteiger partial charge on any atom is -0.325 e. The molecular formula is C3H3Cl2NO2. The Bertz CT molecular complexity index is 97.9. The predicted molar refractivity (Wildman–Crippen MR) is 28.3 cm³/mol. The van der Waals surface area contributed by atoms with Crippen molar-refractivity contribution in [1.29, 1.82) is 0 Å². The molecule has 0 aliphatic carbocycles. The molecule has 0 heterocycles. The summed E-state index contributed by atoms with van der Waals surface area (Å²) in [5, 5.41) is 0. The average molecular weight is 156 g/mol. The van der Waals surface area contributed by atoms with Crippen LogP contribution in [0, 0.1) is 0 Å². The number of carbonyl (C=O) groups is 1. The summed E-state index contributed by atoms with van der Waals surface area (Å²) in [4.78, 5) is 13.3. The molecule has 8 heavy (non-hydrogen) atoms. The Morgan fingerprint density at radius 3 is 2.12 bits per heavy atom. The lowest BCUT2D eigenvalue weighted by atomic mass is 10.5. The van der Waals surface area contributed by atoms with Gasteiger partial charge in [0.2, 0.25) is 4.33 Å². The summed E-state index contributed by atoms with van der Waals surface area (Å²) in [5.74, 6) is 6.57. The first kappa shape index (κ1) is 8.01. The van der Waals surface area contributed by atoms with Crippen LogP contribution >= 0.6 is 23.2 Å². The summed E-state index contributed by atoms with van der Waals surface area (Å²) in [6.07, 6.45) is 0. The highest BCUT2D eigenvalue weighted by atomic mass is 35.5. The van der Waals surface area contributed by atoms with Crippen molar-refractivity contribution in [2.45, 2.75) is 11.3 Å². The van der Waals surface area contributed by atoms with Crippen LogP contribution in [0.15, 0.2) is 0 Å². The molecule has 0 spiro atoms. The molecule has 0 aromatic heterocycles. The highest BCUT2D eigenvalue weighted by Crippen LogP contribution is 2.20. The zero-order valence-electron chi connectivity index (χ0n) is 4.02. The number of carbonyl (C=O) groups excluding carboxylic acids is 1. The maximum absolute atomic E-state index is 10.1. The summed E-state index contributed by atoms with van der Waals surface area (Å²) in [7, 11) is 0. The van der Waals surface area contributed by atoms with Crippen molar-refractivity contribution in [3.05, 3.63) is 0 Å². The maximum Gasteiger partial charge on any atom is 0.364 e. The Hall–Kier alpha value is 0.01000. The van der Waals surface area contributed by atoms with E-state index in [9.17, 15) is 4.79 Å². The summed E-state index contributed by atoms with van der Waals surface area (Å²) in [6, 6.07) is 0. The molecule has 0 N–H and O–H groups in total. The number of nitrogens with zero attached hydrogens (tertiary/aromatic N) is 1. The van der Waals surface area contributed by atoms with E-state index in [4.69, 9.17) is 29.1 Å². The Morgan fingerprint density at radius 2 is 2.12 bits per heavy atom. The molecule has 0 amide bonds. The largest absolute Gasteiger partial charge is 0.364 e. The number of alkyl halides is 2. The third kappa shape index (κ3) is 2.35. The van der Waals surface area contributed by atoms with Gasteiger partial charge < -0.3 is 4.84 Å². The fourth-order valence-corrected chi connectivity index (χ4v) is 0.149. The quantitative estimate of drug-likeness (QED) is 0.414. The first-order valence-electron chi connectivity index (χ1n) is 1.72. The van der Waals surface area contributed by atoms with E-state index in [1.807, 2.05) is 0 Å². The summed E-state index contributed by atoms with van der Waals surface area (Å²) >= 11 is 10.2. The summed E-state index contributed by atoms with van der Waals surface area (Å²) in [6.45, 7) is 1.19. The van der Waals surface area contributed by atoms with Crippen molar-refractivity contribution in [3.63, 3.8) is 0 Å². The standard InChI is InChI=1S/C3H3Cl2NO2/c1-3(4,5)2(7)8-6/h1H3. The van der Waals surface area contributed by atoms with Gasteiger partial charge in [-0.3, -0.25) is 0 Å². The number of hydrogen-bond donors (Lipinski definition) is 0. The molecule has 0 aromatic carbocycles. The van der Waals surface area contributed by atoms with Crippen LogP contribution in [0.1, 0.15) is 6.92 Å². The third-order valence-corrected chi connectivity index (χ3v) is 0.750. The average Bonchev–Trinajstić information content (AvgIpc) is 1.62. The molecule has 0 atom stereocenters. The van der Waals surface area contributed by atoms with Crippen LogP contribution in [-0.2, 0) is 9.63 Å². The molecular weight excluding hydrogens is 153 g/mol. The van der Waals surface area contributed by atoms with E-state index in [1.165, 1.54) is 6.92 Å². The Balaban J connectivity index is 3.82. The molecule has 0 unspecified atom stereocenters. The molecule has 0 aliphatic rings. The number of hydrogen-bond acceptors (Lipinski definition) is 2. The van der Waals surface area contributed by atoms with E-state index >= 15 is 0 Å². The first-order chi connectivity index (χ1) is 3.48. The summed E-state index contributed by atoms with van der Waals surface area (Å²) in [5.41, 5.74) is 0. The van der Waals surface area contributed by atoms with Crippen LogP contribution < -0.4 is 5.90 Å². The van der Waals surface area contributed by atoms with Gasteiger partial charge in [0.25, 0.3) is 0 Å². The van der Waals surface area contributed by atoms with Crippen LogP contribution in [0.2, 0.25) is 0 Å². The Kier molecular flexibility index (Phi) is 2.53. The van der Waals surface area contributed by atoms with E-state index in [1.54, 1.807) is 0 Å². The number of rotatable bonds is 1. The van der Waals surface area contributed by atoms with Crippen molar-refractivity contribution in [1.82, 2.24) is 5.90 Å². The van der Waals surface area contributed by atoms with Gasteiger partial charge in [-0.15, -0.1) is 0 Å². The van der Waals surface area contributed by atoms with Crippen molar-refractivity contribution in [2.24, 2.45) is 0 Å².